The second-order valence-electron chi connectivity index (χ2n) is 6.78. The van der Waals surface area contributed by atoms with Gasteiger partial charge in [-0.1, -0.05) is 20.3 Å². The van der Waals surface area contributed by atoms with Crippen molar-refractivity contribution in [2.75, 3.05) is 5.43 Å². The fourth-order valence-electron chi connectivity index (χ4n) is 3.06. The van der Waals surface area contributed by atoms with Crippen LogP contribution in [0.15, 0.2) is 14.7 Å². The van der Waals surface area contributed by atoms with E-state index in [0.29, 0.717) is 29.6 Å². The van der Waals surface area contributed by atoms with Crippen molar-refractivity contribution in [2.24, 2.45) is 18.1 Å². The molecule has 2 aromatic rings. The second kappa shape index (κ2) is 6.62. The van der Waals surface area contributed by atoms with Gasteiger partial charge >= 0.3 is 5.69 Å². The van der Waals surface area contributed by atoms with Crippen LogP contribution >= 0.6 is 0 Å². The van der Waals surface area contributed by atoms with E-state index in [1.54, 1.807) is 7.05 Å². The van der Waals surface area contributed by atoms with Crippen molar-refractivity contribution in [3.63, 3.8) is 0 Å². The summed E-state index contributed by atoms with van der Waals surface area (Å²) in [5.41, 5.74) is 4.04. The molecule has 8 nitrogen and oxygen atoms in total. The van der Waals surface area contributed by atoms with Crippen LogP contribution in [0.2, 0.25) is 0 Å². The van der Waals surface area contributed by atoms with Gasteiger partial charge in [-0.25, -0.2) is 10.2 Å². The Morgan fingerprint density at radius 2 is 1.96 bits per heavy atom. The highest BCUT2D eigenvalue weighted by Gasteiger charge is 2.18. The van der Waals surface area contributed by atoms with Gasteiger partial charge in [0.2, 0.25) is 5.95 Å². The number of imidazole rings is 1. The van der Waals surface area contributed by atoms with Gasteiger partial charge in [-0.3, -0.25) is 14.3 Å². The van der Waals surface area contributed by atoms with Crippen LogP contribution < -0.4 is 16.7 Å². The molecule has 0 bridgehead atoms. The molecule has 0 atom stereocenters. The molecule has 1 saturated carbocycles. The van der Waals surface area contributed by atoms with Gasteiger partial charge in [0.1, 0.15) is 0 Å². The van der Waals surface area contributed by atoms with E-state index < -0.39 is 11.2 Å². The number of anilines is 1. The van der Waals surface area contributed by atoms with Crippen molar-refractivity contribution < 1.29 is 0 Å². The molecule has 2 aromatic heterocycles. The van der Waals surface area contributed by atoms with Crippen LogP contribution in [0, 0.1) is 5.92 Å². The zero-order chi connectivity index (χ0) is 17.3. The summed E-state index contributed by atoms with van der Waals surface area (Å²) in [6.07, 6.45) is 5.57. The molecule has 8 heteroatoms. The SMILES string of the molecule is CC(C)Cn1c(NN=C2CCCCC2)nc2c1c(=O)[nH]c(=O)n2C. The summed E-state index contributed by atoms with van der Waals surface area (Å²) in [6, 6.07) is 0. The van der Waals surface area contributed by atoms with Crippen molar-refractivity contribution in [3.05, 3.63) is 20.8 Å². The third-order valence-corrected chi connectivity index (χ3v) is 4.30. The predicted octanol–water partition coefficient (Wildman–Crippen LogP) is 1.81. The van der Waals surface area contributed by atoms with Crippen LogP contribution in [-0.2, 0) is 13.6 Å². The molecule has 3 rings (SSSR count). The summed E-state index contributed by atoms with van der Waals surface area (Å²) >= 11 is 0. The van der Waals surface area contributed by atoms with Gasteiger partial charge in [0.25, 0.3) is 5.56 Å². The van der Waals surface area contributed by atoms with Crippen molar-refractivity contribution in [3.8, 4) is 0 Å². The molecule has 1 fully saturated rings. The second-order valence-corrected chi connectivity index (χ2v) is 6.78. The lowest BCUT2D eigenvalue weighted by Crippen LogP contribution is -2.29. The van der Waals surface area contributed by atoms with Gasteiger partial charge < -0.3 is 4.57 Å². The van der Waals surface area contributed by atoms with Gasteiger partial charge in [0.15, 0.2) is 11.2 Å². The fourth-order valence-corrected chi connectivity index (χ4v) is 3.06. The highest BCUT2D eigenvalue weighted by molar-refractivity contribution is 5.85. The number of hydrazone groups is 1. The normalized spacial score (nSPS) is 15.2. The smallest absolute Gasteiger partial charge is 0.303 e. The maximum atomic E-state index is 12.3. The largest absolute Gasteiger partial charge is 0.329 e. The molecular formula is C16H24N6O2. The Labute approximate surface area is 139 Å². The molecule has 1 aliphatic rings. The van der Waals surface area contributed by atoms with Crippen LogP contribution in [0.4, 0.5) is 5.95 Å². The van der Waals surface area contributed by atoms with E-state index in [1.807, 2.05) is 4.57 Å². The molecule has 0 spiro atoms. The van der Waals surface area contributed by atoms with E-state index >= 15 is 0 Å². The molecule has 130 valence electrons. The maximum Gasteiger partial charge on any atom is 0.329 e. The fraction of sp³-hybridized carbons (Fsp3) is 0.625. The molecule has 2 heterocycles. The van der Waals surface area contributed by atoms with Gasteiger partial charge in [0.05, 0.1) is 0 Å². The first-order valence-electron chi connectivity index (χ1n) is 8.48. The van der Waals surface area contributed by atoms with Gasteiger partial charge in [-0.05, 0) is 31.6 Å². The van der Waals surface area contributed by atoms with Crippen molar-refractivity contribution in [2.45, 2.75) is 52.5 Å². The molecule has 1 aliphatic carbocycles. The molecule has 0 radical (unpaired) electrons. The number of H-pyrrole nitrogens is 1. The molecule has 0 saturated heterocycles. The van der Waals surface area contributed by atoms with Gasteiger partial charge in [0, 0.05) is 19.3 Å². The number of fused-ring (bicyclic) bond motifs is 1. The molecule has 0 unspecified atom stereocenters. The number of hydrogen-bond acceptors (Lipinski definition) is 5. The summed E-state index contributed by atoms with van der Waals surface area (Å²) in [6.45, 7) is 4.75. The number of nitrogens with zero attached hydrogens (tertiary/aromatic N) is 4. The summed E-state index contributed by atoms with van der Waals surface area (Å²) < 4.78 is 3.16. The Bertz CT molecular complexity index is 878. The van der Waals surface area contributed by atoms with Crippen molar-refractivity contribution in [1.82, 2.24) is 19.1 Å². The number of aromatic nitrogens is 4. The molecular weight excluding hydrogens is 308 g/mol. The first-order valence-corrected chi connectivity index (χ1v) is 8.48. The highest BCUT2D eigenvalue weighted by atomic mass is 16.2. The van der Waals surface area contributed by atoms with Crippen LogP contribution in [0.3, 0.4) is 0 Å². The Balaban J connectivity index is 2.08. The van der Waals surface area contributed by atoms with Crippen molar-refractivity contribution >= 4 is 22.8 Å². The number of aromatic amines is 1. The van der Waals surface area contributed by atoms with Crippen LogP contribution in [-0.4, -0.2) is 24.8 Å². The maximum absolute atomic E-state index is 12.3. The minimum atomic E-state index is -0.466. The summed E-state index contributed by atoms with van der Waals surface area (Å²) in [4.78, 5) is 30.9. The zero-order valence-corrected chi connectivity index (χ0v) is 14.4. The number of nitrogens with one attached hydrogen (secondary N) is 2. The number of aryl methyl sites for hydroxylation is 1. The predicted molar refractivity (Wildman–Crippen MR) is 94.6 cm³/mol. The quantitative estimate of drug-likeness (QED) is 0.834. The van der Waals surface area contributed by atoms with E-state index in [-0.39, 0.29) is 0 Å². The Hall–Kier alpha value is -2.38. The van der Waals surface area contributed by atoms with Crippen LogP contribution in [0.25, 0.3) is 11.2 Å². The van der Waals surface area contributed by atoms with Crippen LogP contribution in [0.5, 0.6) is 0 Å². The van der Waals surface area contributed by atoms with Gasteiger partial charge in [-0.2, -0.15) is 10.1 Å². The molecule has 0 aromatic carbocycles. The van der Waals surface area contributed by atoms with Crippen LogP contribution in [0.1, 0.15) is 46.0 Å². The molecule has 0 amide bonds. The summed E-state index contributed by atoms with van der Waals surface area (Å²) in [7, 11) is 1.60. The Morgan fingerprint density at radius 1 is 1.25 bits per heavy atom. The van der Waals surface area contributed by atoms with E-state index in [2.05, 4.69) is 34.3 Å². The minimum absolute atomic E-state index is 0.321. The standard InChI is InChI=1S/C16H24N6O2/c1-10(2)9-22-12-13(21(3)16(24)18-14(12)23)17-15(22)20-19-11-7-5-4-6-8-11/h10H,4-9H2,1-3H3,(H,17,20)(H,18,23,24). The lowest BCUT2D eigenvalue weighted by atomic mass is 9.99. The monoisotopic (exact) mass is 332 g/mol. The Morgan fingerprint density at radius 3 is 2.62 bits per heavy atom. The average molecular weight is 332 g/mol. The summed E-state index contributed by atoms with van der Waals surface area (Å²) in [5.74, 6) is 0.824. The lowest BCUT2D eigenvalue weighted by molar-refractivity contribution is 0.535. The van der Waals surface area contributed by atoms with Crippen molar-refractivity contribution in [1.29, 1.82) is 0 Å². The van der Waals surface area contributed by atoms with Gasteiger partial charge in [-0.15, -0.1) is 0 Å². The Kier molecular flexibility index (Phi) is 4.55. The topological polar surface area (TPSA) is 97.1 Å². The first kappa shape index (κ1) is 16.5. The van der Waals surface area contributed by atoms with E-state index in [4.69, 9.17) is 0 Å². The number of rotatable bonds is 4. The molecule has 0 aliphatic heterocycles. The highest BCUT2D eigenvalue weighted by Crippen LogP contribution is 2.19. The van der Waals surface area contributed by atoms with E-state index in [9.17, 15) is 9.59 Å². The zero-order valence-electron chi connectivity index (χ0n) is 14.4. The lowest BCUT2D eigenvalue weighted by Gasteiger charge is -2.13. The molecule has 2 N–H and O–H groups in total. The molecule has 24 heavy (non-hydrogen) atoms. The minimum Gasteiger partial charge on any atom is -0.303 e. The van der Waals surface area contributed by atoms with E-state index in [0.717, 1.165) is 31.4 Å². The number of hydrogen-bond donors (Lipinski definition) is 2. The average Bonchev–Trinajstić information content (AvgIpc) is 2.90. The third-order valence-electron chi connectivity index (χ3n) is 4.30. The first-order chi connectivity index (χ1) is 11.5. The van der Waals surface area contributed by atoms with E-state index in [1.165, 1.54) is 11.0 Å². The third kappa shape index (κ3) is 3.13. The summed E-state index contributed by atoms with van der Waals surface area (Å²) in [5, 5.41) is 4.48.